The van der Waals surface area contributed by atoms with Crippen molar-refractivity contribution in [2.24, 2.45) is 0 Å². The fraction of sp³-hybridized carbons (Fsp3) is 0.500. The van der Waals surface area contributed by atoms with Gasteiger partial charge >= 0.3 is 5.97 Å². The molecule has 21 heavy (non-hydrogen) atoms. The van der Waals surface area contributed by atoms with Gasteiger partial charge in [-0.2, -0.15) is 4.31 Å². The molecule has 1 aromatic carbocycles. The Labute approximate surface area is 124 Å². The molecule has 1 saturated heterocycles. The molecule has 7 heteroatoms. The predicted octanol–water partition coefficient (Wildman–Crippen LogP) is 1.17. The first-order valence-corrected chi connectivity index (χ1v) is 8.01. The van der Waals surface area contributed by atoms with Gasteiger partial charge in [0.2, 0.25) is 10.0 Å². The Kier molecular flexibility index (Phi) is 4.10. The summed E-state index contributed by atoms with van der Waals surface area (Å²) in [6, 6.07) is 5.02. The van der Waals surface area contributed by atoms with E-state index in [0.29, 0.717) is 0 Å². The van der Waals surface area contributed by atoms with Crippen LogP contribution in [0, 0.1) is 13.8 Å². The highest BCUT2D eigenvalue weighted by Crippen LogP contribution is 2.31. The molecule has 2 rings (SSSR count). The van der Waals surface area contributed by atoms with Crippen LogP contribution in [-0.4, -0.2) is 49.1 Å². The number of sulfonamides is 1. The number of aliphatic carboxylic acids is 1. The minimum absolute atomic E-state index is 0.162. The van der Waals surface area contributed by atoms with E-state index in [1.165, 1.54) is 4.31 Å². The Morgan fingerprint density at radius 1 is 1.33 bits per heavy atom. The third-order valence-corrected chi connectivity index (χ3v) is 5.47. The summed E-state index contributed by atoms with van der Waals surface area (Å²) in [4.78, 5) is 10.8. The highest BCUT2D eigenvalue weighted by atomic mass is 32.2. The molecule has 0 unspecified atom stereocenters. The molecule has 0 atom stereocenters. The largest absolute Gasteiger partial charge is 0.480 e. The van der Waals surface area contributed by atoms with Gasteiger partial charge in [0.15, 0.2) is 0 Å². The molecule has 1 heterocycles. The van der Waals surface area contributed by atoms with Crippen molar-refractivity contribution in [2.45, 2.75) is 31.3 Å². The maximum absolute atomic E-state index is 12.5. The summed E-state index contributed by atoms with van der Waals surface area (Å²) in [6.07, 6.45) is 0. The van der Waals surface area contributed by atoms with E-state index < -0.39 is 28.2 Å². The second kappa shape index (κ2) is 5.40. The van der Waals surface area contributed by atoms with Gasteiger partial charge in [-0.05, 0) is 44.0 Å². The van der Waals surface area contributed by atoms with Crippen LogP contribution < -0.4 is 0 Å². The number of rotatable bonds is 5. The summed E-state index contributed by atoms with van der Waals surface area (Å²) in [5, 5.41) is 8.60. The van der Waals surface area contributed by atoms with Crippen LogP contribution in [-0.2, 0) is 19.6 Å². The number of carboxylic acids is 1. The minimum Gasteiger partial charge on any atom is -0.480 e. The maximum atomic E-state index is 12.5. The lowest BCUT2D eigenvalue weighted by molar-refractivity contribution is -0.157. The number of hydrogen-bond acceptors (Lipinski definition) is 4. The van der Waals surface area contributed by atoms with E-state index in [9.17, 15) is 13.2 Å². The maximum Gasteiger partial charge on any atom is 0.329 e. The van der Waals surface area contributed by atoms with Crippen molar-refractivity contribution in [2.75, 3.05) is 19.7 Å². The van der Waals surface area contributed by atoms with Crippen molar-refractivity contribution in [1.29, 1.82) is 0 Å². The van der Waals surface area contributed by atoms with Gasteiger partial charge in [0.25, 0.3) is 0 Å². The summed E-state index contributed by atoms with van der Waals surface area (Å²) in [6.45, 7) is 5.40. The fourth-order valence-corrected chi connectivity index (χ4v) is 3.97. The van der Waals surface area contributed by atoms with Crippen molar-refractivity contribution in [3.63, 3.8) is 0 Å². The topological polar surface area (TPSA) is 83.9 Å². The van der Waals surface area contributed by atoms with E-state index in [4.69, 9.17) is 9.84 Å². The molecule has 0 aromatic heterocycles. The van der Waals surface area contributed by atoms with Gasteiger partial charge in [-0.1, -0.05) is 6.07 Å². The Morgan fingerprint density at radius 2 is 1.95 bits per heavy atom. The Balaban J connectivity index is 2.09. The quantitative estimate of drug-likeness (QED) is 0.882. The van der Waals surface area contributed by atoms with Gasteiger partial charge in [0.05, 0.1) is 10.5 Å². The SMILES string of the molecule is Cc1ccc(S(=O)(=O)N2CC(C)(OCC(=O)O)C2)cc1C. The highest BCUT2D eigenvalue weighted by molar-refractivity contribution is 7.89. The van der Waals surface area contributed by atoms with E-state index >= 15 is 0 Å². The molecule has 0 radical (unpaired) electrons. The van der Waals surface area contributed by atoms with E-state index in [1.54, 1.807) is 25.1 Å². The van der Waals surface area contributed by atoms with Gasteiger partial charge in [0, 0.05) is 13.1 Å². The van der Waals surface area contributed by atoms with Crippen LogP contribution in [0.5, 0.6) is 0 Å². The molecular weight excluding hydrogens is 294 g/mol. The number of nitrogens with zero attached hydrogens (tertiary/aromatic N) is 1. The van der Waals surface area contributed by atoms with Gasteiger partial charge in [-0.25, -0.2) is 13.2 Å². The van der Waals surface area contributed by atoms with Crippen LogP contribution in [0.1, 0.15) is 18.1 Å². The highest BCUT2D eigenvalue weighted by Gasteiger charge is 2.46. The van der Waals surface area contributed by atoms with Crippen molar-refractivity contribution in [3.8, 4) is 0 Å². The Hall–Kier alpha value is -1.44. The van der Waals surface area contributed by atoms with Crippen LogP contribution in [0.25, 0.3) is 0 Å². The number of ether oxygens (including phenoxy) is 1. The van der Waals surface area contributed by atoms with Crippen molar-refractivity contribution in [3.05, 3.63) is 29.3 Å². The lowest BCUT2D eigenvalue weighted by Crippen LogP contribution is -2.63. The summed E-state index contributed by atoms with van der Waals surface area (Å²) in [7, 11) is -3.55. The van der Waals surface area contributed by atoms with E-state index in [-0.39, 0.29) is 18.0 Å². The average Bonchev–Trinajstić information content (AvgIpc) is 2.36. The van der Waals surface area contributed by atoms with Crippen molar-refractivity contribution < 1.29 is 23.1 Å². The van der Waals surface area contributed by atoms with E-state index in [1.807, 2.05) is 13.8 Å². The van der Waals surface area contributed by atoms with Gasteiger partial charge in [-0.15, -0.1) is 0 Å². The number of carbonyl (C=O) groups is 1. The Morgan fingerprint density at radius 3 is 2.48 bits per heavy atom. The molecule has 116 valence electrons. The molecule has 1 N–H and O–H groups in total. The standard InChI is InChI=1S/C14H19NO5S/c1-10-4-5-12(6-11(10)2)21(18,19)15-8-14(3,9-15)20-7-13(16)17/h4-6H,7-9H2,1-3H3,(H,16,17). The lowest BCUT2D eigenvalue weighted by atomic mass is 10.0. The molecule has 0 saturated carbocycles. The van der Waals surface area contributed by atoms with Crippen LogP contribution >= 0.6 is 0 Å². The first-order chi connectivity index (χ1) is 9.64. The monoisotopic (exact) mass is 313 g/mol. The number of hydrogen-bond donors (Lipinski definition) is 1. The fourth-order valence-electron chi connectivity index (χ4n) is 2.22. The average molecular weight is 313 g/mol. The molecular formula is C14H19NO5S. The molecule has 6 nitrogen and oxygen atoms in total. The first kappa shape index (κ1) is 15.9. The Bertz CT molecular complexity index is 662. The van der Waals surface area contributed by atoms with Crippen LogP contribution in [0.3, 0.4) is 0 Å². The molecule has 1 aromatic rings. The number of benzene rings is 1. The van der Waals surface area contributed by atoms with Crippen LogP contribution in [0.4, 0.5) is 0 Å². The second-order valence-electron chi connectivity index (χ2n) is 5.65. The summed E-state index contributed by atoms with van der Waals surface area (Å²) in [5.41, 5.74) is 1.22. The molecule has 0 spiro atoms. The first-order valence-electron chi connectivity index (χ1n) is 6.57. The zero-order chi connectivity index (χ0) is 15.8. The van der Waals surface area contributed by atoms with Crippen molar-refractivity contribution >= 4 is 16.0 Å². The number of aryl methyl sites for hydroxylation is 2. The summed E-state index contributed by atoms with van der Waals surface area (Å²) in [5.74, 6) is -1.06. The molecule has 0 amide bonds. The smallest absolute Gasteiger partial charge is 0.329 e. The van der Waals surface area contributed by atoms with Gasteiger partial charge in [-0.3, -0.25) is 0 Å². The van der Waals surface area contributed by atoms with Crippen LogP contribution in [0.15, 0.2) is 23.1 Å². The number of carboxylic acid groups (broad SMARTS) is 1. The molecule has 0 bridgehead atoms. The molecule has 1 aliphatic heterocycles. The second-order valence-corrected chi connectivity index (χ2v) is 7.59. The zero-order valence-corrected chi connectivity index (χ0v) is 13.1. The van der Waals surface area contributed by atoms with Crippen LogP contribution in [0.2, 0.25) is 0 Å². The third-order valence-electron chi connectivity index (χ3n) is 3.68. The summed E-state index contributed by atoms with van der Waals surface area (Å²) >= 11 is 0. The molecule has 1 fully saturated rings. The van der Waals surface area contributed by atoms with Gasteiger partial charge in [0.1, 0.15) is 6.61 Å². The normalized spacial score (nSPS) is 18.2. The van der Waals surface area contributed by atoms with Gasteiger partial charge < -0.3 is 9.84 Å². The minimum atomic E-state index is -3.55. The summed E-state index contributed by atoms with van der Waals surface area (Å²) < 4.78 is 31.4. The molecule has 0 aliphatic carbocycles. The van der Waals surface area contributed by atoms with E-state index in [0.717, 1.165) is 11.1 Å². The zero-order valence-electron chi connectivity index (χ0n) is 12.3. The predicted molar refractivity (Wildman–Crippen MR) is 76.7 cm³/mol. The lowest BCUT2D eigenvalue weighted by Gasteiger charge is -2.46. The van der Waals surface area contributed by atoms with Crippen molar-refractivity contribution in [1.82, 2.24) is 4.31 Å². The molecule has 1 aliphatic rings. The van der Waals surface area contributed by atoms with E-state index in [2.05, 4.69) is 0 Å². The third kappa shape index (κ3) is 3.25.